The number of benzene rings is 2. The Balaban J connectivity index is 1.68. The summed E-state index contributed by atoms with van der Waals surface area (Å²) >= 11 is 0. The second-order valence-corrected chi connectivity index (χ2v) is 7.41. The van der Waals surface area contributed by atoms with E-state index < -0.39 is 0 Å². The second kappa shape index (κ2) is 8.38. The van der Waals surface area contributed by atoms with Gasteiger partial charge in [-0.2, -0.15) is 0 Å². The molecular weight excluding hydrogens is 336 g/mol. The monoisotopic (exact) mass is 364 g/mol. The van der Waals surface area contributed by atoms with Gasteiger partial charge in [-0.05, 0) is 44.9 Å². The van der Waals surface area contributed by atoms with Crippen LogP contribution in [-0.2, 0) is 16.1 Å². The SMILES string of the molecule is CCN(C(=O)C1CC1C(=O)N(Cc1ccccc1)C(C)C)c1ccccc1. The predicted molar refractivity (Wildman–Crippen MR) is 108 cm³/mol. The van der Waals surface area contributed by atoms with Crippen LogP contribution in [0.3, 0.4) is 0 Å². The van der Waals surface area contributed by atoms with E-state index in [4.69, 9.17) is 0 Å². The van der Waals surface area contributed by atoms with Crippen molar-refractivity contribution in [3.63, 3.8) is 0 Å². The molecule has 1 aliphatic rings. The van der Waals surface area contributed by atoms with Crippen molar-refractivity contribution in [3.8, 4) is 0 Å². The first kappa shape index (κ1) is 19.2. The number of hydrogen-bond donors (Lipinski definition) is 0. The topological polar surface area (TPSA) is 40.6 Å². The molecule has 0 aromatic heterocycles. The number of para-hydroxylation sites is 1. The molecule has 0 N–H and O–H groups in total. The third-order valence-electron chi connectivity index (χ3n) is 5.18. The standard InChI is InChI=1S/C23H28N2O2/c1-4-24(19-13-9-6-10-14-19)22(26)20-15-21(20)23(27)25(17(2)3)16-18-11-7-5-8-12-18/h5-14,17,20-21H,4,15-16H2,1-3H3. The fraction of sp³-hybridized carbons (Fsp3) is 0.391. The highest BCUT2D eigenvalue weighted by molar-refractivity contribution is 6.01. The van der Waals surface area contributed by atoms with E-state index in [-0.39, 0.29) is 29.7 Å². The normalized spacial score (nSPS) is 18.2. The number of carbonyl (C=O) groups excluding carboxylic acids is 2. The van der Waals surface area contributed by atoms with Crippen molar-refractivity contribution in [2.24, 2.45) is 11.8 Å². The Labute approximate surface area is 161 Å². The van der Waals surface area contributed by atoms with Crippen molar-refractivity contribution in [1.29, 1.82) is 0 Å². The van der Waals surface area contributed by atoms with Gasteiger partial charge in [0, 0.05) is 24.8 Å². The number of rotatable bonds is 7. The van der Waals surface area contributed by atoms with Crippen molar-refractivity contribution in [3.05, 3.63) is 66.2 Å². The highest BCUT2D eigenvalue weighted by Crippen LogP contribution is 2.42. The van der Waals surface area contributed by atoms with E-state index in [1.807, 2.05) is 86.3 Å². The number of anilines is 1. The van der Waals surface area contributed by atoms with E-state index in [2.05, 4.69) is 0 Å². The van der Waals surface area contributed by atoms with Crippen molar-refractivity contribution < 1.29 is 9.59 Å². The fourth-order valence-corrected chi connectivity index (χ4v) is 3.52. The molecule has 1 saturated carbocycles. The van der Waals surface area contributed by atoms with E-state index in [0.717, 1.165) is 11.3 Å². The van der Waals surface area contributed by atoms with Crippen LogP contribution in [0.15, 0.2) is 60.7 Å². The lowest BCUT2D eigenvalue weighted by molar-refractivity contribution is -0.136. The van der Waals surface area contributed by atoms with E-state index in [1.165, 1.54) is 0 Å². The molecule has 0 spiro atoms. The zero-order chi connectivity index (χ0) is 19.4. The molecule has 0 aliphatic heterocycles. The first-order chi connectivity index (χ1) is 13.0. The Morgan fingerprint density at radius 2 is 1.48 bits per heavy atom. The van der Waals surface area contributed by atoms with Crippen LogP contribution in [0.25, 0.3) is 0 Å². The van der Waals surface area contributed by atoms with Gasteiger partial charge in [0.1, 0.15) is 0 Å². The minimum absolute atomic E-state index is 0.0606. The molecule has 4 heteroatoms. The molecule has 2 aromatic rings. The van der Waals surface area contributed by atoms with Crippen LogP contribution in [0.4, 0.5) is 5.69 Å². The quantitative estimate of drug-likeness (QED) is 0.742. The van der Waals surface area contributed by atoms with E-state index in [0.29, 0.717) is 19.5 Å². The van der Waals surface area contributed by atoms with Gasteiger partial charge in [-0.25, -0.2) is 0 Å². The fourth-order valence-electron chi connectivity index (χ4n) is 3.52. The summed E-state index contributed by atoms with van der Waals surface area (Å²) in [5.41, 5.74) is 2.01. The largest absolute Gasteiger partial charge is 0.336 e. The van der Waals surface area contributed by atoms with Crippen molar-refractivity contribution in [2.45, 2.75) is 39.8 Å². The maximum Gasteiger partial charge on any atom is 0.230 e. The molecule has 3 rings (SSSR count). The molecule has 0 heterocycles. The molecule has 2 atom stereocenters. The maximum absolute atomic E-state index is 13.1. The van der Waals surface area contributed by atoms with Crippen molar-refractivity contribution in [2.75, 3.05) is 11.4 Å². The summed E-state index contributed by atoms with van der Waals surface area (Å²) in [5, 5.41) is 0. The minimum atomic E-state index is -0.199. The van der Waals surface area contributed by atoms with E-state index in [9.17, 15) is 9.59 Å². The highest BCUT2D eigenvalue weighted by atomic mass is 16.2. The second-order valence-electron chi connectivity index (χ2n) is 7.41. The van der Waals surface area contributed by atoms with Crippen molar-refractivity contribution >= 4 is 17.5 Å². The molecule has 1 aliphatic carbocycles. The molecule has 4 nitrogen and oxygen atoms in total. The summed E-state index contributed by atoms with van der Waals surface area (Å²) in [5.74, 6) is -0.238. The van der Waals surface area contributed by atoms with Crippen LogP contribution >= 0.6 is 0 Å². The molecule has 0 bridgehead atoms. The Bertz CT molecular complexity index is 773. The Morgan fingerprint density at radius 1 is 0.926 bits per heavy atom. The lowest BCUT2D eigenvalue weighted by Gasteiger charge is -2.27. The van der Waals surface area contributed by atoms with Gasteiger partial charge >= 0.3 is 0 Å². The summed E-state index contributed by atoms with van der Waals surface area (Å²) in [6.07, 6.45) is 0.652. The Kier molecular flexibility index (Phi) is 5.94. The van der Waals surface area contributed by atoms with Crippen molar-refractivity contribution in [1.82, 2.24) is 4.90 Å². The summed E-state index contributed by atoms with van der Waals surface area (Å²) in [6.45, 7) is 7.23. The van der Waals surface area contributed by atoms with Gasteiger partial charge < -0.3 is 9.80 Å². The smallest absolute Gasteiger partial charge is 0.230 e. The Morgan fingerprint density at radius 3 is 2.04 bits per heavy atom. The van der Waals surface area contributed by atoms with Gasteiger partial charge in [0.25, 0.3) is 0 Å². The Hall–Kier alpha value is -2.62. The molecule has 2 amide bonds. The van der Waals surface area contributed by atoms with Crippen LogP contribution in [0.2, 0.25) is 0 Å². The molecule has 142 valence electrons. The van der Waals surface area contributed by atoms with Gasteiger partial charge in [0.2, 0.25) is 11.8 Å². The van der Waals surface area contributed by atoms with Crippen LogP contribution in [0, 0.1) is 11.8 Å². The minimum Gasteiger partial charge on any atom is -0.336 e. The van der Waals surface area contributed by atoms with Crippen LogP contribution in [0.1, 0.15) is 32.8 Å². The first-order valence-corrected chi connectivity index (χ1v) is 9.73. The van der Waals surface area contributed by atoms with E-state index in [1.54, 1.807) is 4.90 Å². The zero-order valence-corrected chi connectivity index (χ0v) is 16.3. The highest BCUT2D eigenvalue weighted by Gasteiger charge is 2.51. The van der Waals surface area contributed by atoms with Crippen LogP contribution < -0.4 is 4.90 Å². The predicted octanol–water partition coefficient (Wildman–Crippen LogP) is 4.11. The number of amides is 2. The van der Waals surface area contributed by atoms with Gasteiger partial charge in [-0.1, -0.05) is 48.5 Å². The molecule has 0 radical (unpaired) electrons. The van der Waals surface area contributed by atoms with Gasteiger partial charge in [-0.3, -0.25) is 9.59 Å². The lowest BCUT2D eigenvalue weighted by atomic mass is 10.1. The third-order valence-corrected chi connectivity index (χ3v) is 5.18. The molecule has 2 unspecified atom stereocenters. The lowest BCUT2D eigenvalue weighted by Crippen LogP contribution is -2.39. The number of carbonyl (C=O) groups is 2. The molecular formula is C23H28N2O2. The van der Waals surface area contributed by atoms with Gasteiger partial charge in [0.05, 0.1) is 11.8 Å². The third kappa shape index (κ3) is 4.38. The van der Waals surface area contributed by atoms with E-state index >= 15 is 0 Å². The summed E-state index contributed by atoms with van der Waals surface area (Å²) in [4.78, 5) is 29.7. The van der Waals surface area contributed by atoms with Crippen LogP contribution in [-0.4, -0.2) is 29.3 Å². The summed E-state index contributed by atoms with van der Waals surface area (Å²) < 4.78 is 0. The van der Waals surface area contributed by atoms with Crippen LogP contribution in [0.5, 0.6) is 0 Å². The first-order valence-electron chi connectivity index (χ1n) is 9.73. The molecule has 27 heavy (non-hydrogen) atoms. The number of nitrogens with zero attached hydrogens (tertiary/aromatic N) is 2. The molecule has 1 fully saturated rings. The average Bonchev–Trinajstić information content (AvgIpc) is 3.48. The maximum atomic E-state index is 13.1. The average molecular weight is 364 g/mol. The molecule has 2 aromatic carbocycles. The zero-order valence-electron chi connectivity index (χ0n) is 16.3. The summed E-state index contributed by atoms with van der Waals surface area (Å²) in [7, 11) is 0. The number of hydrogen-bond acceptors (Lipinski definition) is 2. The summed E-state index contributed by atoms with van der Waals surface area (Å²) in [6, 6.07) is 19.8. The van der Waals surface area contributed by atoms with Gasteiger partial charge in [0.15, 0.2) is 0 Å². The van der Waals surface area contributed by atoms with Gasteiger partial charge in [-0.15, -0.1) is 0 Å². The molecule has 0 saturated heterocycles.